The van der Waals surface area contributed by atoms with E-state index in [0.717, 1.165) is 39.2 Å². The van der Waals surface area contributed by atoms with Crippen molar-refractivity contribution in [3.8, 4) is 11.8 Å². The number of nitrogens with zero attached hydrogens (tertiary/aromatic N) is 3. The first kappa shape index (κ1) is 23.5. The summed E-state index contributed by atoms with van der Waals surface area (Å²) >= 11 is 1.33. The number of aromatic nitrogens is 1. The van der Waals surface area contributed by atoms with Gasteiger partial charge in [-0.15, -0.1) is 0 Å². The quantitative estimate of drug-likeness (QED) is 0.327. The van der Waals surface area contributed by atoms with Crippen LogP contribution in [0.4, 0.5) is 5.69 Å². The molecule has 36 heavy (non-hydrogen) atoms. The molecular formula is C29H24N4O2S. The first-order chi connectivity index (χ1) is 17.6. The fourth-order valence-electron chi connectivity index (χ4n) is 4.29. The molecule has 0 saturated carbocycles. The summed E-state index contributed by atoms with van der Waals surface area (Å²) in [6.07, 6.45) is 1.94. The van der Waals surface area contributed by atoms with Crippen LogP contribution in [-0.2, 0) is 11.3 Å². The van der Waals surface area contributed by atoms with Crippen LogP contribution < -0.4 is 10.1 Å². The van der Waals surface area contributed by atoms with E-state index in [-0.39, 0.29) is 5.91 Å². The predicted molar refractivity (Wildman–Crippen MR) is 145 cm³/mol. The molecule has 0 unspecified atom stereocenters. The summed E-state index contributed by atoms with van der Waals surface area (Å²) in [5, 5.41) is 14.0. The number of carbonyl (C=O) groups excluding carboxylic acids is 1. The van der Waals surface area contributed by atoms with Crippen LogP contribution in [0.1, 0.15) is 29.3 Å². The van der Waals surface area contributed by atoms with E-state index in [1.807, 2.05) is 80.6 Å². The highest BCUT2D eigenvalue weighted by molar-refractivity contribution is 8.18. The fraction of sp³-hybridized carbons (Fsp3) is 0.138. The van der Waals surface area contributed by atoms with Crippen molar-refractivity contribution >= 4 is 45.5 Å². The number of thioether (sulfide) groups is 1. The zero-order chi connectivity index (χ0) is 25.1. The lowest BCUT2D eigenvalue weighted by Gasteiger charge is -2.10. The molecule has 0 bridgehead atoms. The van der Waals surface area contributed by atoms with Gasteiger partial charge in [-0.05, 0) is 73.6 Å². The fourth-order valence-corrected chi connectivity index (χ4v) is 5.12. The van der Waals surface area contributed by atoms with Gasteiger partial charge in [0.1, 0.15) is 5.75 Å². The minimum atomic E-state index is -0.171. The Morgan fingerprint density at radius 2 is 1.83 bits per heavy atom. The monoisotopic (exact) mass is 492 g/mol. The van der Waals surface area contributed by atoms with Crippen molar-refractivity contribution < 1.29 is 9.53 Å². The van der Waals surface area contributed by atoms with E-state index < -0.39 is 0 Å². The van der Waals surface area contributed by atoms with Crippen LogP contribution in [0.3, 0.4) is 0 Å². The Kier molecular flexibility index (Phi) is 6.61. The summed E-state index contributed by atoms with van der Waals surface area (Å²) in [6, 6.07) is 25.5. The molecule has 1 fully saturated rings. The number of hydrogen-bond acceptors (Lipinski definition) is 5. The number of carbonyl (C=O) groups is 1. The maximum absolute atomic E-state index is 12.8. The van der Waals surface area contributed by atoms with Crippen molar-refractivity contribution in [3.05, 3.63) is 100 Å². The molecule has 7 heteroatoms. The van der Waals surface area contributed by atoms with Crippen LogP contribution in [0.2, 0.25) is 0 Å². The number of aliphatic imine (C=N–C) groups is 1. The van der Waals surface area contributed by atoms with Crippen LogP contribution in [0.25, 0.3) is 17.0 Å². The predicted octanol–water partition coefficient (Wildman–Crippen LogP) is 6.16. The third-order valence-electron chi connectivity index (χ3n) is 6.05. The van der Waals surface area contributed by atoms with Gasteiger partial charge >= 0.3 is 0 Å². The summed E-state index contributed by atoms with van der Waals surface area (Å²) in [7, 11) is 0. The number of nitrogens with one attached hydrogen (secondary N) is 1. The van der Waals surface area contributed by atoms with E-state index in [9.17, 15) is 10.1 Å². The highest BCUT2D eigenvalue weighted by atomic mass is 32.2. The van der Waals surface area contributed by atoms with Crippen LogP contribution in [0, 0.1) is 18.3 Å². The number of benzene rings is 3. The molecule has 6 nitrogen and oxygen atoms in total. The zero-order valence-corrected chi connectivity index (χ0v) is 20.8. The zero-order valence-electron chi connectivity index (χ0n) is 20.0. The molecule has 0 atom stereocenters. The first-order valence-electron chi connectivity index (χ1n) is 11.7. The Bertz CT molecular complexity index is 1560. The van der Waals surface area contributed by atoms with Gasteiger partial charge < -0.3 is 14.6 Å². The van der Waals surface area contributed by atoms with Crippen molar-refractivity contribution in [2.45, 2.75) is 20.4 Å². The molecule has 0 spiro atoms. The van der Waals surface area contributed by atoms with E-state index in [1.54, 1.807) is 0 Å². The minimum Gasteiger partial charge on any atom is -0.494 e. The largest absolute Gasteiger partial charge is 0.494 e. The lowest BCUT2D eigenvalue weighted by molar-refractivity contribution is -0.115. The summed E-state index contributed by atoms with van der Waals surface area (Å²) in [5.74, 6) is 0.616. The van der Waals surface area contributed by atoms with Gasteiger partial charge in [-0.2, -0.15) is 5.26 Å². The normalized spacial score (nSPS) is 15.4. The molecular weight excluding hydrogens is 468 g/mol. The summed E-state index contributed by atoms with van der Waals surface area (Å²) in [6.45, 7) is 5.17. The van der Waals surface area contributed by atoms with Gasteiger partial charge in [0.2, 0.25) is 0 Å². The molecule has 1 N–H and O–H groups in total. The van der Waals surface area contributed by atoms with Gasteiger partial charge in [0.25, 0.3) is 5.91 Å². The maximum Gasteiger partial charge on any atom is 0.264 e. The number of ether oxygens (including phenoxy) is 1. The molecule has 0 aliphatic carbocycles. The summed E-state index contributed by atoms with van der Waals surface area (Å²) in [5.41, 5.74) is 5.44. The lowest BCUT2D eigenvalue weighted by Crippen LogP contribution is -2.19. The van der Waals surface area contributed by atoms with E-state index in [2.05, 4.69) is 33.1 Å². The minimum absolute atomic E-state index is 0.171. The SMILES string of the molecule is CCOc1ccc(N=C2NC(=O)/C(=C\c3c(C)n(Cc4ccccc4C#N)c4ccccc34)S2)cc1. The lowest BCUT2D eigenvalue weighted by atomic mass is 10.1. The van der Waals surface area contributed by atoms with Gasteiger partial charge in [0, 0.05) is 28.7 Å². The average Bonchev–Trinajstić information content (AvgIpc) is 3.37. The van der Waals surface area contributed by atoms with E-state index in [0.29, 0.717) is 28.8 Å². The molecule has 1 aliphatic heterocycles. The Hall–Kier alpha value is -4.28. The Morgan fingerprint density at radius 1 is 1.08 bits per heavy atom. The number of nitriles is 1. The number of amides is 1. The smallest absolute Gasteiger partial charge is 0.264 e. The topological polar surface area (TPSA) is 79.4 Å². The Labute approximate surface area is 213 Å². The van der Waals surface area contributed by atoms with Gasteiger partial charge in [0.15, 0.2) is 5.17 Å². The second-order valence-electron chi connectivity index (χ2n) is 8.28. The van der Waals surface area contributed by atoms with E-state index in [4.69, 9.17) is 4.74 Å². The number of hydrogen-bond donors (Lipinski definition) is 1. The highest BCUT2D eigenvalue weighted by Crippen LogP contribution is 2.34. The van der Waals surface area contributed by atoms with Crippen LogP contribution in [-0.4, -0.2) is 22.2 Å². The molecule has 0 radical (unpaired) electrons. The van der Waals surface area contributed by atoms with Gasteiger partial charge in [-0.3, -0.25) is 4.79 Å². The number of fused-ring (bicyclic) bond motifs is 1. The second-order valence-corrected chi connectivity index (χ2v) is 9.31. The van der Waals surface area contributed by atoms with E-state index >= 15 is 0 Å². The number of amidine groups is 1. The average molecular weight is 493 g/mol. The number of rotatable bonds is 6. The van der Waals surface area contributed by atoms with Gasteiger partial charge in [-0.25, -0.2) is 4.99 Å². The van der Waals surface area contributed by atoms with Crippen molar-refractivity contribution in [1.29, 1.82) is 5.26 Å². The van der Waals surface area contributed by atoms with Crippen molar-refractivity contribution in [3.63, 3.8) is 0 Å². The maximum atomic E-state index is 12.8. The third-order valence-corrected chi connectivity index (χ3v) is 6.96. The molecule has 4 aromatic rings. The molecule has 1 aromatic heterocycles. The third kappa shape index (κ3) is 4.64. The molecule has 1 amide bonds. The Balaban J connectivity index is 1.48. The molecule has 5 rings (SSSR count). The molecule has 2 heterocycles. The van der Waals surface area contributed by atoms with Crippen molar-refractivity contribution in [1.82, 2.24) is 9.88 Å². The molecule has 1 aliphatic rings. The van der Waals surface area contributed by atoms with Crippen molar-refractivity contribution in [2.75, 3.05) is 6.61 Å². The second kappa shape index (κ2) is 10.1. The number of para-hydroxylation sites is 1. The van der Waals surface area contributed by atoms with E-state index in [1.165, 1.54) is 11.8 Å². The van der Waals surface area contributed by atoms with Crippen LogP contribution in [0.15, 0.2) is 82.7 Å². The van der Waals surface area contributed by atoms with Gasteiger partial charge in [0.05, 0.1) is 28.8 Å². The van der Waals surface area contributed by atoms with Gasteiger partial charge in [-0.1, -0.05) is 36.4 Å². The summed E-state index contributed by atoms with van der Waals surface area (Å²) in [4.78, 5) is 18.0. The van der Waals surface area contributed by atoms with Crippen molar-refractivity contribution in [2.24, 2.45) is 4.99 Å². The standard InChI is InChI=1S/C29H24N4O2S/c1-3-35-23-14-12-22(13-15-23)31-29-32-28(34)27(36-29)16-25-19(2)33(26-11-7-6-10-24(25)26)18-21-9-5-4-8-20(21)17-30/h4-16H,3,18H2,1-2H3,(H,31,32,34)/b27-16+. The van der Waals surface area contributed by atoms with Crippen LogP contribution in [0.5, 0.6) is 5.75 Å². The molecule has 1 saturated heterocycles. The summed E-state index contributed by atoms with van der Waals surface area (Å²) < 4.78 is 7.68. The first-order valence-corrected chi connectivity index (χ1v) is 12.5. The molecule has 3 aromatic carbocycles. The Morgan fingerprint density at radius 3 is 2.61 bits per heavy atom. The highest BCUT2D eigenvalue weighted by Gasteiger charge is 2.25. The molecule has 178 valence electrons. The van der Waals surface area contributed by atoms with Crippen LogP contribution >= 0.6 is 11.8 Å².